The average molecular weight is 457 g/mol. The number of carbonyl (C=O) groups is 2. The number of carbonyl (C=O) groups excluding carboxylic acids is 1. The number of pyridine rings is 1. The summed E-state index contributed by atoms with van der Waals surface area (Å²) >= 11 is 0. The Balaban J connectivity index is 2.23. The van der Waals surface area contributed by atoms with Crippen molar-refractivity contribution in [3.05, 3.63) is 53.1 Å². The maximum Gasteiger partial charge on any atom is 0.435 e. The summed E-state index contributed by atoms with van der Waals surface area (Å²) < 4.78 is 59.1. The molecule has 0 spiro atoms. The number of amides is 1. The first-order chi connectivity index (χ1) is 14.8. The minimum atomic E-state index is -4.91. The van der Waals surface area contributed by atoms with Gasteiger partial charge in [-0.2, -0.15) is 13.2 Å². The number of alkyl carbamates (subject to hydrolysis) is 1. The molecule has 0 saturated heterocycles. The van der Waals surface area contributed by atoms with E-state index in [4.69, 9.17) is 4.74 Å². The summed E-state index contributed by atoms with van der Waals surface area (Å²) in [6, 6.07) is 4.31. The van der Waals surface area contributed by atoms with Crippen LogP contribution < -0.4 is 10.6 Å². The number of alkyl halides is 3. The number of hydrogen-bond donors (Lipinski definition) is 3. The molecule has 1 heterocycles. The number of ether oxygens (including phenoxy) is 1. The summed E-state index contributed by atoms with van der Waals surface area (Å²) in [5.41, 5.74) is -3.07. The van der Waals surface area contributed by atoms with Gasteiger partial charge >= 0.3 is 18.2 Å². The monoisotopic (exact) mass is 457 g/mol. The normalized spacial score (nSPS) is 11.7. The zero-order valence-electron chi connectivity index (χ0n) is 17.6. The van der Waals surface area contributed by atoms with Gasteiger partial charge in [-0.05, 0) is 63.4 Å². The van der Waals surface area contributed by atoms with Crippen molar-refractivity contribution in [2.24, 2.45) is 0 Å². The van der Waals surface area contributed by atoms with Crippen LogP contribution in [-0.4, -0.2) is 34.3 Å². The molecular formula is C21H23F4N3O4. The molecule has 174 valence electrons. The first-order valence-corrected chi connectivity index (χ1v) is 9.59. The van der Waals surface area contributed by atoms with Crippen molar-refractivity contribution in [1.29, 1.82) is 0 Å². The Labute approximate surface area is 181 Å². The van der Waals surface area contributed by atoms with Crippen LogP contribution in [0.15, 0.2) is 30.5 Å². The van der Waals surface area contributed by atoms with E-state index in [-0.39, 0.29) is 18.7 Å². The van der Waals surface area contributed by atoms with E-state index in [9.17, 15) is 32.3 Å². The SMILES string of the molecule is CC(C)(C)OC(=O)NCCCc1cc(F)ccc1Nc1c(C(=O)O)ccnc1C(F)(F)F. The molecule has 0 aliphatic carbocycles. The number of rotatable bonds is 7. The molecular weight excluding hydrogens is 434 g/mol. The lowest BCUT2D eigenvalue weighted by Gasteiger charge is -2.20. The van der Waals surface area contributed by atoms with Crippen molar-refractivity contribution in [3.63, 3.8) is 0 Å². The van der Waals surface area contributed by atoms with Gasteiger partial charge in [-0.25, -0.2) is 19.0 Å². The summed E-state index contributed by atoms with van der Waals surface area (Å²) in [5, 5.41) is 14.3. The Morgan fingerprint density at radius 3 is 2.44 bits per heavy atom. The summed E-state index contributed by atoms with van der Waals surface area (Å²) in [6.07, 6.45) is -4.29. The molecule has 7 nitrogen and oxygen atoms in total. The minimum Gasteiger partial charge on any atom is -0.478 e. The molecule has 0 aliphatic rings. The third-order valence-electron chi connectivity index (χ3n) is 4.07. The highest BCUT2D eigenvalue weighted by Gasteiger charge is 2.37. The molecule has 1 aromatic carbocycles. The lowest BCUT2D eigenvalue weighted by molar-refractivity contribution is -0.140. The predicted molar refractivity (Wildman–Crippen MR) is 108 cm³/mol. The molecule has 2 aromatic rings. The Morgan fingerprint density at radius 1 is 1.16 bits per heavy atom. The van der Waals surface area contributed by atoms with E-state index in [0.717, 1.165) is 24.4 Å². The number of halogens is 4. The number of carboxylic acids is 1. The molecule has 1 amide bonds. The smallest absolute Gasteiger partial charge is 0.435 e. The van der Waals surface area contributed by atoms with Gasteiger partial charge in [0.2, 0.25) is 0 Å². The maximum absolute atomic E-state index is 13.8. The van der Waals surface area contributed by atoms with Gasteiger partial charge in [0.1, 0.15) is 11.4 Å². The number of nitrogens with zero attached hydrogens (tertiary/aromatic N) is 1. The molecule has 0 saturated carbocycles. The molecule has 0 aliphatic heterocycles. The van der Waals surface area contributed by atoms with Gasteiger partial charge in [0.05, 0.1) is 11.3 Å². The fraction of sp³-hybridized carbons (Fsp3) is 0.381. The number of benzene rings is 1. The van der Waals surface area contributed by atoms with Gasteiger partial charge in [0, 0.05) is 18.4 Å². The van der Waals surface area contributed by atoms with Gasteiger partial charge < -0.3 is 20.5 Å². The number of hydrogen-bond acceptors (Lipinski definition) is 5. The van der Waals surface area contributed by atoms with Crippen LogP contribution in [0.5, 0.6) is 0 Å². The summed E-state index contributed by atoms with van der Waals surface area (Å²) in [4.78, 5) is 26.4. The molecule has 11 heteroatoms. The van der Waals surface area contributed by atoms with E-state index in [1.807, 2.05) is 0 Å². The Hall–Kier alpha value is -3.37. The quantitative estimate of drug-likeness (QED) is 0.393. The molecule has 3 N–H and O–H groups in total. The fourth-order valence-corrected chi connectivity index (χ4v) is 2.79. The van der Waals surface area contributed by atoms with Crippen LogP contribution in [-0.2, 0) is 17.3 Å². The third kappa shape index (κ3) is 7.10. The molecule has 32 heavy (non-hydrogen) atoms. The van der Waals surface area contributed by atoms with Crippen LogP contribution in [0.4, 0.5) is 33.7 Å². The van der Waals surface area contributed by atoms with Crippen LogP contribution in [0.1, 0.15) is 48.8 Å². The molecule has 0 atom stereocenters. The van der Waals surface area contributed by atoms with Gasteiger partial charge in [0.15, 0.2) is 5.69 Å². The summed E-state index contributed by atoms with van der Waals surface area (Å²) in [6.45, 7) is 5.29. The number of carboxylic acid groups (broad SMARTS) is 1. The lowest BCUT2D eigenvalue weighted by atomic mass is 10.1. The highest BCUT2D eigenvalue weighted by atomic mass is 19.4. The highest BCUT2D eigenvalue weighted by molar-refractivity contribution is 5.96. The molecule has 0 radical (unpaired) electrons. The van der Waals surface area contributed by atoms with E-state index < -0.39 is 46.6 Å². The van der Waals surface area contributed by atoms with Crippen molar-refractivity contribution in [3.8, 4) is 0 Å². The fourth-order valence-electron chi connectivity index (χ4n) is 2.79. The molecule has 2 rings (SSSR count). The van der Waals surface area contributed by atoms with Crippen LogP contribution in [0.2, 0.25) is 0 Å². The average Bonchev–Trinajstić information content (AvgIpc) is 2.64. The van der Waals surface area contributed by atoms with Crippen molar-refractivity contribution in [2.75, 3.05) is 11.9 Å². The van der Waals surface area contributed by atoms with Gasteiger partial charge in [-0.15, -0.1) is 0 Å². The first-order valence-electron chi connectivity index (χ1n) is 9.59. The van der Waals surface area contributed by atoms with Crippen molar-refractivity contribution in [2.45, 2.75) is 45.4 Å². The number of aromatic nitrogens is 1. The number of anilines is 2. The van der Waals surface area contributed by atoms with E-state index in [1.165, 1.54) is 6.07 Å². The summed E-state index contributed by atoms with van der Waals surface area (Å²) in [7, 11) is 0. The van der Waals surface area contributed by atoms with Crippen LogP contribution in [0.3, 0.4) is 0 Å². The van der Waals surface area contributed by atoms with E-state index >= 15 is 0 Å². The molecule has 0 bridgehead atoms. The number of nitrogens with one attached hydrogen (secondary N) is 2. The second-order valence-electron chi connectivity index (χ2n) is 7.84. The summed E-state index contributed by atoms with van der Waals surface area (Å²) in [5.74, 6) is -2.20. The third-order valence-corrected chi connectivity index (χ3v) is 4.07. The van der Waals surface area contributed by atoms with E-state index in [2.05, 4.69) is 15.6 Å². The number of aryl methyl sites for hydroxylation is 1. The topological polar surface area (TPSA) is 101 Å². The Kier molecular flexibility index (Phi) is 7.65. The maximum atomic E-state index is 13.8. The highest BCUT2D eigenvalue weighted by Crippen LogP contribution is 2.37. The Bertz CT molecular complexity index is 988. The standard InChI is InChI=1S/C21H23F4N3O4/c1-20(2,3)32-19(31)27-9-4-5-12-11-13(22)6-7-15(12)28-16-14(18(29)30)8-10-26-17(16)21(23,24)25/h6-8,10-11,28H,4-5,9H2,1-3H3,(H,27,31)(H,29,30). The number of aromatic carboxylic acids is 1. The van der Waals surface area contributed by atoms with Crippen molar-refractivity contribution >= 4 is 23.4 Å². The second-order valence-corrected chi connectivity index (χ2v) is 7.84. The minimum absolute atomic E-state index is 0.0877. The molecule has 0 unspecified atom stereocenters. The first kappa shape index (κ1) is 24.9. The lowest BCUT2D eigenvalue weighted by Crippen LogP contribution is -2.33. The van der Waals surface area contributed by atoms with E-state index in [0.29, 0.717) is 12.0 Å². The zero-order chi connectivity index (χ0) is 24.1. The van der Waals surface area contributed by atoms with Gasteiger partial charge in [0.25, 0.3) is 0 Å². The van der Waals surface area contributed by atoms with Gasteiger partial charge in [-0.1, -0.05) is 0 Å². The Morgan fingerprint density at radius 2 is 1.84 bits per heavy atom. The van der Waals surface area contributed by atoms with E-state index in [1.54, 1.807) is 20.8 Å². The van der Waals surface area contributed by atoms with Gasteiger partial charge in [-0.3, -0.25) is 0 Å². The molecule has 1 aromatic heterocycles. The predicted octanol–water partition coefficient (Wildman–Crippen LogP) is 5.14. The van der Waals surface area contributed by atoms with Crippen molar-refractivity contribution < 1.29 is 37.0 Å². The van der Waals surface area contributed by atoms with Crippen LogP contribution in [0.25, 0.3) is 0 Å². The van der Waals surface area contributed by atoms with Crippen LogP contribution >= 0.6 is 0 Å². The largest absolute Gasteiger partial charge is 0.478 e. The second kappa shape index (κ2) is 9.84. The zero-order valence-corrected chi connectivity index (χ0v) is 17.6. The van der Waals surface area contributed by atoms with Crippen molar-refractivity contribution in [1.82, 2.24) is 10.3 Å². The molecule has 0 fully saturated rings. The van der Waals surface area contributed by atoms with Crippen LogP contribution in [0, 0.1) is 5.82 Å².